The first kappa shape index (κ1) is 18.2. The van der Waals surface area contributed by atoms with Crippen LogP contribution in [0.1, 0.15) is 49.4 Å². The predicted molar refractivity (Wildman–Crippen MR) is 97.7 cm³/mol. The highest BCUT2D eigenvalue weighted by molar-refractivity contribution is 5.94. The fraction of sp³-hybridized carbons (Fsp3) is 0.450. The number of rotatable bonds is 6. The standard InChI is InChI=1S/C20H24N2O4/c1-2-26-20(25)14-7-9-16(10-8-14)21-18(23)11-12-22-17-6-4-3-5-15(17)13-19(22)24/h7-10,13,17H,2-6,11-12H2,1H3,(H,21,23). The number of fused-ring (bicyclic) bond motifs is 1. The van der Waals surface area contributed by atoms with Crippen LogP contribution in [0.15, 0.2) is 35.9 Å². The first-order chi connectivity index (χ1) is 12.6. The van der Waals surface area contributed by atoms with Crippen LogP contribution < -0.4 is 5.32 Å². The third kappa shape index (κ3) is 4.12. The van der Waals surface area contributed by atoms with Crippen molar-refractivity contribution in [2.45, 2.75) is 45.1 Å². The molecule has 1 aliphatic carbocycles. The molecule has 1 saturated carbocycles. The van der Waals surface area contributed by atoms with E-state index in [9.17, 15) is 14.4 Å². The van der Waals surface area contributed by atoms with Crippen molar-refractivity contribution < 1.29 is 19.1 Å². The Morgan fingerprint density at radius 1 is 1.23 bits per heavy atom. The molecule has 26 heavy (non-hydrogen) atoms. The van der Waals surface area contributed by atoms with Crippen LogP contribution in [0.4, 0.5) is 5.69 Å². The van der Waals surface area contributed by atoms with Crippen molar-refractivity contribution in [2.75, 3.05) is 18.5 Å². The van der Waals surface area contributed by atoms with Gasteiger partial charge in [0.05, 0.1) is 18.2 Å². The third-order valence-electron chi connectivity index (χ3n) is 4.85. The topological polar surface area (TPSA) is 75.7 Å². The number of nitrogens with zero attached hydrogens (tertiary/aromatic N) is 1. The van der Waals surface area contributed by atoms with Crippen molar-refractivity contribution >= 4 is 23.5 Å². The van der Waals surface area contributed by atoms with Crippen LogP contribution >= 0.6 is 0 Å². The summed E-state index contributed by atoms with van der Waals surface area (Å²) < 4.78 is 4.93. The van der Waals surface area contributed by atoms with Crippen molar-refractivity contribution in [3.8, 4) is 0 Å². The maximum absolute atomic E-state index is 12.2. The smallest absolute Gasteiger partial charge is 0.338 e. The van der Waals surface area contributed by atoms with Crippen LogP contribution in [0.3, 0.4) is 0 Å². The number of anilines is 1. The van der Waals surface area contributed by atoms with Crippen LogP contribution in [-0.4, -0.2) is 41.9 Å². The molecule has 1 aromatic rings. The molecule has 138 valence electrons. The van der Waals surface area contributed by atoms with Gasteiger partial charge in [-0.3, -0.25) is 9.59 Å². The van der Waals surface area contributed by atoms with Gasteiger partial charge in [-0.1, -0.05) is 6.42 Å². The molecule has 0 radical (unpaired) electrons. The Balaban J connectivity index is 1.50. The molecule has 1 unspecified atom stereocenters. The van der Waals surface area contributed by atoms with Crippen molar-refractivity contribution in [2.24, 2.45) is 0 Å². The summed E-state index contributed by atoms with van der Waals surface area (Å²) in [6.07, 6.45) is 6.26. The van der Waals surface area contributed by atoms with Gasteiger partial charge >= 0.3 is 5.97 Å². The Labute approximate surface area is 153 Å². The van der Waals surface area contributed by atoms with E-state index >= 15 is 0 Å². The lowest BCUT2D eigenvalue weighted by molar-refractivity contribution is -0.127. The molecule has 0 aromatic heterocycles. The number of benzene rings is 1. The van der Waals surface area contributed by atoms with E-state index in [1.54, 1.807) is 37.3 Å². The number of amides is 2. The molecule has 0 bridgehead atoms. The SMILES string of the molecule is CCOC(=O)c1ccc(NC(=O)CCN2C(=O)C=C3CCCCC32)cc1. The quantitative estimate of drug-likeness (QED) is 0.795. The second-order valence-corrected chi connectivity index (χ2v) is 6.61. The summed E-state index contributed by atoms with van der Waals surface area (Å²) in [6.45, 7) is 2.50. The molecule has 3 rings (SSSR count). The molecule has 1 aromatic carbocycles. The lowest BCUT2D eigenvalue weighted by Crippen LogP contribution is -2.38. The van der Waals surface area contributed by atoms with Crippen molar-refractivity contribution in [3.63, 3.8) is 0 Å². The van der Waals surface area contributed by atoms with Gasteiger partial charge in [0, 0.05) is 24.7 Å². The van der Waals surface area contributed by atoms with E-state index in [0.717, 1.165) is 25.7 Å². The van der Waals surface area contributed by atoms with Gasteiger partial charge in [-0.25, -0.2) is 4.79 Å². The molecule has 0 spiro atoms. The summed E-state index contributed by atoms with van der Waals surface area (Å²) in [5.74, 6) is -0.502. The lowest BCUT2D eigenvalue weighted by atomic mass is 9.91. The Morgan fingerprint density at radius 3 is 2.73 bits per heavy atom. The molecule has 6 heteroatoms. The summed E-state index contributed by atoms with van der Waals surface area (Å²) in [4.78, 5) is 37.8. The highest BCUT2D eigenvalue weighted by atomic mass is 16.5. The van der Waals surface area contributed by atoms with E-state index in [1.165, 1.54) is 5.57 Å². The Hall–Kier alpha value is -2.63. The van der Waals surface area contributed by atoms with Gasteiger partial charge in [-0.15, -0.1) is 0 Å². The Morgan fingerprint density at radius 2 is 2.00 bits per heavy atom. The number of hydrogen-bond acceptors (Lipinski definition) is 4. The lowest BCUT2D eigenvalue weighted by Gasteiger charge is -2.30. The van der Waals surface area contributed by atoms with Gasteiger partial charge in [-0.05, 0) is 56.0 Å². The van der Waals surface area contributed by atoms with Gasteiger partial charge < -0.3 is 15.0 Å². The van der Waals surface area contributed by atoms with E-state index in [0.29, 0.717) is 24.4 Å². The van der Waals surface area contributed by atoms with Crippen LogP contribution in [0.25, 0.3) is 0 Å². The highest BCUT2D eigenvalue weighted by Crippen LogP contribution is 2.32. The Bertz CT molecular complexity index is 724. The molecular formula is C20H24N2O4. The number of hydrogen-bond donors (Lipinski definition) is 1. The molecular weight excluding hydrogens is 332 g/mol. The summed E-state index contributed by atoms with van der Waals surface area (Å²) in [7, 11) is 0. The van der Waals surface area contributed by atoms with Crippen LogP contribution in [0.2, 0.25) is 0 Å². The van der Waals surface area contributed by atoms with E-state index in [-0.39, 0.29) is 30.2 Å². The fourth-order valence-electron chi connectivity index (χ4n) is 3.55. The van der Waals surface area contributed by atoms with Gasteiger partial charge in [0.2, 0.25) is 11.8 Å². The second-order valence-electron chi connectivity index (χ2n) is 6.61. The number of esters is 1. The fourth-order valence-corrected chi connectivity index (χ4v) is 3.55. The average Bonchev–Trinajstić information content (AvgIpc) is 2.96. The summed E-state index contributed by atoms with van der Waals surface area (Å²) >= 11 is 0. The summed E-state index contributed by atoms with van der Waals surface area (Å²) in [5, 5.41) is 2.80. The van der Waals surface area contributed by atoms with E-state index < -0.39 is 0 Å². The van der Waals surface area contributed by atoms with E-state index in [2.05, 4.69) is 5.32 Å². The number of carbonyl (C=O) groups is 3. The zero-order chi connectivity index (χ0) is 18.5. The van der Waals surface area contributed by atoms with Crippen LogP contribution in [0, 0.1) is 0 Å². The monoisotopic (exact) mass is 356 g/mol. The largest absolute Gasteiger partial charge is 0.462 e. The first-order valence-corrected chi connectivity index (χ1v) is 9.16. The maximum Gasteiger partial charge on any atom is 0.338 e. The highest BCUT2D eigenvalue weighted by Gasteiger charge is 2.33. The first-order valence-electron chi connectivity index (χ1n) is 9.16. The zero-order valence-electron chi connectivity index (χ0n) is 15.0. The molecule has 1 N–H and O–H groups in total. The summed E-state index contributed by atoms with van der Waals surface area (Å²) in [6, 6.07) is 6.77. The molecule has 1 aliphatic heterocycles. The van der Waals surface area contributed by atoms with E-state index in [1.807, 2.05) is 4.90 Å². The Kier molecular flexibility index (Phi) is 5.71. The molecule has 2 aliphatic rings. The predicted octanol–water partition coefficient (Wildman–Crippen LogP) is 2.90. The van der Waals surface area contributed by atoms with Gasteiger partial charge in [0.1, 0.15) is 0 Å². The minimum absolute atomic E-state index is 0.0264. The normalized spacial score (nSPS) is 19.0. The van der Waals surface area contributed by atoms with Crippen molar-refractivity contribution in [3.05, 3.63) is 41.5 Å². The maximum atomic E-state index is 12.2. The molecule has 2 amide bonds. The molecule has 0 saturated heterocycles. The number of carbonyl (C=O) groups excluding carboxylic acids is 3. The van der Waals surface area contributed by atoms with Crippen LogP contribution in [0.5, 0.6) is 0 Å². The molecule has 1 atom stereocenters. The molecule has 6 nitrogen and oxygen atoms in total. The van der Waals surface area contributed by atoms with Gasteiger partial charge in [0.15, 0.2) is 0 Å². The third-order valence-corrected chi connectivity index (χ3v) is 4.85. The number of nitrogens with one attached hydrogen (secondary N) is 1. The zero-order valence-corrected chi connectivity index (χ0v) is 15.0. The van der Waals surface area contributed by atoms with Gasteiger partial charge in [-0.2, -0.15) is 0 Å². The van der Waals surface area contributed by atoms with Gasteiger partial charge in [0.25, 0.3) is 0 Å². The average molecular weight is 356 g/mol. The molecule has 1 fully saturated rings. The summed E-state index contributed by atoms with van der Waals surface area (Å²) in [5.41, 5.74) is 2.28. The van der Waals surface area contributed by atoms with Crippen molar-refractivity contribution in [1.29, 1.82) is 0 Å². The molecule has 1 heterocycles. The van der Waals surface area contributed by atoms with E-state index in [4.69, 9.17) is 4.74 Å². The minimum Gasteiger partial charge on any atom is -0.462 e. The van der Waals surface area contributed by atoms with Crippen molar-refractivity contribution in [1.82, 2.24) is 4.90 Å². The minimum atomic E-state index is -0.381. The van der Waals surface area contributed by atoms with Crippen LogP contribution in [-0.2, 0) is 14.3 Å². The second kappa shape index (κ2) is 8.17. The number of ether oxygens (including phenoxy) is 1.